The van der Waals surface area contributed by atoms with Gasteiger partial charge in [-0.25, -0.2) is 0 Å². The SMILES string of the molecule is Cc1ccc(CC(=O)NCC(O)c2ccccc2)cc1C. The largest absolute Gasteiger partial charge is 0.387 e. The van der Waals surface area contributed by atoms with Crippen molar-refractivity contribution in [3.05, 3.63) is 70.8 Å². The number of aliphatic hydroxyl groups is 1. The summed E-state index contributed by atoms with van der Waals surface area (Å²) in [5, 5.41) is 12.8. The number of amides is 1. The number of rotatable bonds is 5. The van der Waals surface area contributed by atoms with Crippen LogP contribution < -0.4 is 5.32 Å². The van der Waals surface area contributed by atoms with Crippen molar-refractivity contribution in [2.24, 2.45) is 0 Å². The quantitative estimate of drug-likeness (QED) is 0.886. The second-order valence-electron chi connectivity index (χ2n) is 5.33. The Kier molecular flexibility index (Phi) is 5.12. The molecule has 0 bridgehead atoms. The summed E-state index contributed by atoms with van der Waals surface area (Å²) in [4.78, 5) is 11.9. The van der Waals surface area contributed by atoms with E-state index in [1.54, 1.807) is 0 Å². The van der Waals surface area contributed by atoms with Gasteiger partial charge in [-0.15, -0.1) is 0 Å². The average molecular weight is 283 g/mol. The highest BCUT2D eigenvalue weighted by molar-refractivity contribution is 5.78. The van der Waals surface area contributed by atoms with Crippen LogP contribution in [-0.2, 0) is 11.2 Å². The van der Waals surface area contributed by atoms with Crippen LogP contribution in [0.3, 0.4) is 0 Å². The van der Waals surface area contributed by atoms with Gasteiger partial charge in [-0.2, -0.15) is 0 Å². The zero-order valence-electron chi connectivity index (χ0n) is 12.5. The standard InChI is InChI=1S/C18H21NO2/c1-13-8-9-15(10-14(13)2)11-18(21)19-12-17(20)16-6-4-3-5-7-16/h3-10,17,20H,11-12H2,1-2H3,(H,19,21). The fraction of sp³-hybridized carbons (Fsp3) is 0.278. The second-order valence-corrected chi connectivity index (χ2v) is 5.33. The Morgan fingerprint density at radius 3 is 2.48 bits per heavy atom. The molecule has 0 radical (unpaired) electrons. The lowest BCUT2D eigenvalue weighted by Crippen LogP contribution is -2.29. The van der Waals surface area contributed by atoms with Gasteiger partial charge in [0, 0.05) is 6.54 Å². The zero-order valence-corrected chi connectivity index (χ0v) is 12.5. The first-order valence-corrected chi connectivity index (χ1v) is 7.12. The Morgan fingerprint density at radius 2 is 1.81 bits per heavy atom. The van der Waals surface area contributed by atoms with Gasteiger partial charge >= 0.3 is 0 Å². The topological polar surface area (TPSA) is 49.3 Å². The van der Waals surface area contributed by atoms with Gasteiger partial charge in [0.2, 0.25) is 5.91 Å². The maximum absolute atomic E-state index is 11.9. The summed E-state index contributed by atoms with van der Waals surface area (Å²) >= 11 is 0. The van der Waals surface area contributed by atoms with Crippen LogP contribution in [0.1, 0.15) is 28.4 Å². The lowest BCUT2D eigenvalue weighted by atomic mass is 10.0. The van der Waals surface area contributed by atoms with Crippen molar-refractivity contribution >= 4 is 5.91 Å². The summed E-state index contributed by atoms with van der Waals surface area (Å²) in [6.45, 7) is 4.32. The summed E-state index contributed by atoms with van der Waals surface area (Å²) in [6, 6.07) is 15.4. The first-order valence-electron chi connectivity index (χ1n) is 7.12. The number of nitrogens with one attached hydrogen (secondary N) is 1. The maximum atomic E-state index is 11.9. The molecule has 2 aromatic rings. The molecule has 0 aromatic heterocycles. The number of hydrogen-bond acceptors (Lipinski definition) is 2. The van der Waals surface area contributed by atoms with E-state index < -0.39 is 6.10 Å². The summed E-state index contributed by atoms with van der Waals surface area (Å²) in [7, 11) is 0. The van der Waals surface area contributed by atoms with E-state index in [1.807, 2.05) is 55.5 Å². The van der Waals surface area contributed by atoms with Gasteiger partial charge in [-0.3, -0.25) is 4.79 Å². The molecule has 1 unspecified atom stereocenters. The van der Waals surface area contributed by atoms with E-state index in [4.69, 9.17) is 0 Å². The highest BCUT2D eigenvalue weighted by atomic mass is 16.3. The third-order valence-corrected chi connectivity index (χ3v) is 3.61. The van der Waals surface area contributed by atoms with Crippen molar-refractivity contribution in [3.63, 3.8) is 0 Å². The Hall–Kier alpha value is -2.13. The number of aryl methyl sites for hydroxylation is 2. The van der Waals surface area contributed by atoms with Crippen LogP contribution in [0.2, 0.25) is 0 Å². The molecule has 3 heteroatoms. The molecule has 21 heavy (non-hydrogen) atoms. The Morgan fingerprint density at radius 1 is 1.10 bits per heavy atom. The predicted octanol–water partition coefficient (Wildman–Crippen LogP) is 2.70. The van der Waals surface area contributed by atoms with E-state index >= 15 is 0 Å². The lowest BCUT2D eigenvalue weighted by Gasteiger charge is -2.12. The molecule has 2 aromatic carbocycles. The Bertz CT molecular complexity index is 608. The molecule has 110 valence electrons. The minimum atomic E-state index is -0.671. The van der Waals surface area contributed by atoms with Crippen LogP contribution >= 0.6 is 0 Å². The van der Waals surface area contributed by atoms with Crippen LogP contribution in [0.15, 0.2) is 48.5 Å². The third kappa shape index (κ3) is 4.43. The molecule has 0 aliphatic heterocycles. The van der Waals surface area contributed by atoms with Gasteiger partial charge in [-0.05, 0) is 36.1 Å². The molecule has 0 heterocycles. The Balaban J connectivity index is 1.86. The van der Waals surface area contributed by atoms with Gasteiger partial charge < -0.3 is 10.4 Å². The monoisotopic (exact) mass is 283 g/mol. The van der Waals surface area contributed by atoms with Crippen LogP contribution in [0.4, 0.5) is 0 Å². The minimum Gasteiger partial charge on any atom is -0.387 e. The molecule has 2 rings (SSSR count). The molecular weight excluding hydrogens is 262 g/mol. The molecule has 0 fully saturated rings. The fourth-order valence-corrected chi connectivity index (χ4v) is 2.16. The van der Waals surface area contributed by atoms with Gasteiger partial charge in [0.25, 0.3) is 0 Å². The van der Waals surface area contributed by atoms with Crippen LogP contribution in [0.5, 0.6) is 0 Å². The van der Waals surface area contributed by atoms with Gasteiger partial charge in [-0.1, -0.05) is 48.5 Å². The first-order chi connectivity index (χ1) is 10.1. The molecule has 0 aliphatic rings. The third-order valence-electron chi connectivity index (χ3n) is 3.61. The van der Waals surface area contributed by atoms with E-state index in [0.29, 0.717) is 6.42 Å². The second kappa shape index (κ2) is 7.04. The van der Waals surface area contributed by atoms with Crippen LogP contribution in [0.25, 0.3) is 0 Å². The highest BCUT2D eigenvalue weighted by Crippen LogP contribution is 2.12. The normalized spacial score (nSPS) is 12.0. The number of aliphatic hydroxyl groups excluding tert-OH is 1. The molecule has 0 saturated carbocycles. The van der Waals surface area contributed by atoms with Gasteiger partial charge in [0.15, 0.2) is 0 Å². The van der Waals surface area contributed by atoms with E-state index in [9.17, 15) is 9.90 Å². The fourth-order valence-electron chi connectivity index (χ4n) is 2.16. The average Bonchev–Trinajstić information content (AvgIpc) is 2.49. The summed E-state index contributed by atoms with van der Waals surface area (Å²) in [5.74, 6) is -0.0757. The molecule has 0 spiro atoms. The van der Waals surface area contributed by atoms with Crippen molar-refractivity contribution in [1.82, 2.24) is 5.32 Å². The molecular formula is C18H21NO2. The van der Waals surface area contributed by atoms with Gasteiger partial charge in [0.05, 0.1) is 12.5 Å². The molecule has 1 atom stereocenters. The Labute approximate surface area is 125 Å². The summed E-state index contributed by atoms with van der Waals surface area (Å²) < 4.78 is 0. The highest BCUT2D eigenvalue weighted by Gasteiger charge is 2.09. The predicted molar refractivity (Wildman–Crippen MR) is 84.0 cm³/mol. The summed E-state index contributed by atoms with van der Waals surface area (Å²) in [5.41, 5.74) is 4.21. The van der Waals surface area contributed by atoms with E-state index in [2.05, 4.69) is 12.2 Å². The maximum Gasteiger partial charge on any atom is 0.224 e. The molecule has 0 saturated heterocycles. The van der Waals surface area contributed by atoms with Crippen LogP contribution in [0, 0.1) is 13.8 Å². The molecule has 1 amide bonds. The van der Waals surface area contributed by atoms with E-state index in [-0.39, 0.29) is 12.5 Å². The number of carbonyl (C=O) groups is 1. The number of hydrogen-bond donors (Lipinski definition) is 2. The molecule has 2 N–H and O–H groups in total. The summed E-state index contributed by atoms with van der Waals surface area (Å²) in [6.07, 6.45) is -0.335. The molecule has 0 aliphatic carbocycles. The van der Waals surface area contributed by atoms with Crippen molar-refractivity contribution in [1.29, 1.82) is 0 Å². The lowest BCUT2D eigenvalue weighted by molar-refractivity contribution is -0.120. The van der Waals surface area contributed by atoms with Crippen molar-refractivity contribution in [3.8, 4) is 0 Å². The molecule has 3 nitrogen and oxygen atoms in total. The van der Waals surface area contributed by atoms with Crippen molar-refractivity contribution in [2.75, 3.05) is 6.54 Å². The minimum absolute atomic E-state index is 0.0757. The van der Waals surface area contributed by atoms with E-state index in [0.717, 1.165) is 11.1 Å². The number of benzene rings is 2. The smallest absolute Gasteiger partial charge is 0.224 e. The van der Waals surface area contributed by atoms with Crippen molar-refractivity contribution < 1.29 is 9.90 Å². The van der Waals surface area contributed by atoms with E-state index in [1.165, 1.54) is 11.1 Å². The van der Waals surface area contributed by atoms with Gasteiger partial charge in [0.1, 0.15) is 0 Å². The van der Waals surface area contributed by atoms with Crippen LogP contribution in [-0.4, -0.2) is 17.6 Å². The number of carbonyl (C=O) groups excluding carboxylic acids is 1. The van der Waals surface area contributed by atoms with Crippen molar-refractivity contribution in [2.45, 2.75) is 26.4 Å². The first kappa shape index (κ1) is 15.3. The zero-order chi connectivity index (χ0) is 15.2.